The van der Waals surface area contributed by atoms with Gasteiger partial charge in [0.15, 0.2) is 0 Å². The zero-order chi connectivity index (χ0) is 13.2. The van der Waals surface area contributed by atoms with Crippen molar-refractivity contribution >= 4 is 29.2 Å². The average Bonchev–Trinajstić information content (AvgIpc) is 3.22. The van der Waals surface area contributed by atoms with E-state index in [4.69, 9.17) is 11.6 Å². The Morgan fingerprint density at radius 2 is 2.37 bits per heavy atom. The molecule has 2 aliphatic rings. The summed E-state index contributed by atoms with van der Waals surface area (Å²) in [5, 5.41) is 4.28. The largest absolute Gasteiger partial charge is 0.351 e. The molecule has 2 heterocycles. The Labute approximate surface area is 124 Å². The molecule has 3 rings (SSSR count). The summed E-state index contributed by atoms with van der Waals surface area (Å²) in [6.45, 7) is 4.16. The minimum absolute atomic E-state index is 0.513. The van der Waals surface area contributed by atoms with Gasteiger partial charge in [-0.3, -0.25) is 0 Å². The number of halogens is 1. The molecule has 1 saturated carbocycles. The van der Waals surface area contributed by atoms with Gasteiger partial charge in [0.2, 0.25) is 0 Å². The Kier molecular flexibility index (Phi) is 4.20. The maximum Gasteiger partial charge on any atom is 0.147 e. The lowest BCUT2D eigenvalue weighted by molar-refractivity contribution is 0.677. The minimum atomic E-state index is 0.513. The summed E-state index contributed by atoms with van der Waals surface area (Å²) >= 11 is 8.43. The number of nitrogens with one attached hydrogen (secondary N) is 1. The fraction of sp³-hybridized carbons (Fsp3) is 0.643. The van der Waals surface area contributed by atoms with Gasteiger partial charge in [-0.1, -0.05) is 11.6 Å². The third-order valence-corrected chi connectivity index (χ3v) is 5.16. The number of hydrogen-bond acceptors (Lipinski definition) is 4. The SMILES string of the molecule is CC1CSCCN1c1ncc(CNC2CC2)cc1Cl. The van der Waals surface area contributed by atoms with Crippen molar-refractivity contribution in [3.63, 3.8) is 0 Å². The van der Waals surface area contributed by atoms with Crippen LogP contribution in [0.5, 0.6) is 0 Å². The van der Waals surface area contributed by atoms with Crippen molar-refractivity contribution in [2.45, 2.75) is 38.4 Å². The van der Waals surface area contributed by atoms with Crippen molar-refractivity contribution in [3.05, 3.63) is 22.8 Å². The van der Waals surface area contributed by atoms with Crippen molar-refractivity contribution < 1.29 is 0 Å². The van der Waals surface area contributed by atoms with Crippen LogP contribution in [0.25, 0.3) is 0 Å². The molecular weight excluding hydrogens is 278 g/mol. The van der Waals surface area contributed by atoms with E-state index in [9.17, 15) is 0 Å². The summed E-state index contributed by atoms with van der Waals surface area (Å²) in [5.41, 5.74) is 1.18. The first-order chi connectivity index (χ1) is 9.24. The molecule has 1 aliphatic carbocycles. The van der Waals surface area contributed by atoms with E-state index in [2.05, 4.69) is 28.2 Å². The molecular formula is C14H20ClN3S. The molecule has 2 fully saturated rings. The second-order valence-corrected chi connectivity index (χ2v) is 6.98. The molecule has 1 aromatic rings. The normalized spacial score (nSPS) is 23.7. The van der Waals surface area contributed by atoms with Crippen molar-refractivity contribution in [2.75, 3.05) is 23.0 Å². The van der Waals surface area contributed by atoms with Gasteiger partial charge >= 0.3 is 0 Å². The second-order valence-electron chi connectivity index (χ2n) is 5.42. The molecule has 104 valence electrons. The van der Waals surface area contributed by atoms with Crippen LogP contribution >= 0.6 is 23.4 Å². The topological polar surface area (TPSA) is 28.2 Å². The number of nitrogens with zero attached hydrogens (tertiary/aromatic N) is 2. The maximum absolute atomic E-state index is 6.42. The molecule has 19 heavy (non-hydrogen) atoms. The molecule has 1 unspecified atom stereocenters. The fourth-order valence-corrected chi connectivity index (χ4v) is 3.68. The van der Waals surface area contributed by atoms with E-state index in [0.717, 1.165) is 41.5 Å². The average molecular weight is 298 g/mol. The summed E-state index contributed by atoms with van der Waals surface area (Å²) in [4.78, 5) is 6.93. The van der Waals surface area contributed by atoms with Crippen molar-refractivity contribution in [3.8, 4) is 0 Å². The van der Waals surface area contributed by atoms with Gasteiger partial charge in [0, 0.05) is 42.9 Å². The fourth-order valence-electron chi connectivity index (χ4n) is 2.37. The van der Waals surface area contributed by atoms with E-state index in [1.807, 2.05) is 18.0 Å². The molecule has 1 N–H and O–H groups in total. The zero-order valence-corrected chi connectivity index (χ0v) is 12.8. The first-order valence-electron chi connectivity index (χ1n) is 6.96. The van der Waals surface area contributed by atoms with Crippen LogP contribution in [0.1, 0.15) is 25.3 Å². The Morgan fingerprint density at radius 3 is 3.05 bits per heavy atom. The maximum atomic E-state index is 6.42. The van der Waals surface area contributed by atoms with Crippen LogP contribution in [0.15, 0.2) is 12.3 Å². The lowest BCUT2D eigenvalue weighted by Gasteiger charge is -2.34. The molecule has 0 amide bonds. The summed E-state index contributed by atoms with van der Waals surface area (Å²) < 4.78 is 0. The van der Waals surface area contributed by atoms with Crippen LogP contribution in [0.4, 0.5) is 5.82 Å². The van der Waals surface area contributed by atoms with Crippen LogP contribution < -0.4 is 10.2 Å². The summed E-state index contributed by atoms with van der Waals surface area (Å²) in [6.07, 6.45) is 4.58. The molecule has 1 aliphatic heterocycles. The molecule has 0 spiro atoms. The standard InChI is InChI=1S/C14H20ClN3S/c1-10-9-19-5-4-18(10)14-13(15)6-11(8-17-14)7-16-12-2-3-12/h6,8,10,12,16H,2-5,7,9H2,1H3. The van der Waals surface area contributed by atoms with E-state index in [-0.39, 0.29) is 0 Å². The number of aromatic nitrogens is 1. The smallest absolute Gasteiger partial charge is 0.147 e. The van der Waals surface area contributed by atoms with Crippen LogP contribution in [0, 0.1) is 0 Å². The summed E-state index contributed by atoms with van der Waals surface area (Å²) in [7, 11) is 0. The van der Waals surface area contributed by atoms with Crippen LogP contribution in [0.2, 0.25) is 5.02 Å². The van der Waals surface area contributed by atoms with Gasteiger partial charge in [0.1, 0.15) is 5.82 Å². The first-order valence-corrected chi connectivity index (χ1v) is 8.49. The third kappa shape index (κ3) is 3.36. The van der Waals surface area contributed by atoms with E-state index < -0.39 is 0 Å². The van der Waals surface area contributed by atoms with E-state index in [1.54, 1.807) is 0 Å². The molecule has 1 atom stereocenters. The van der Waals surface area contributed by atoms with Gasteiger partial charge in [-0.25, -0.2) is 4.98 Å². The Morgan fingerprint density at radius 1 is 1.53 bits per heavy atom. The van der Waals surface area contributed by atoms with Gasteiger partial charge in [-0.05, 0) is 31.4 Å². The predicted octanol–water partition coefficient (Wildman–Crippen LogP) is 2.93. The van der Waals surface area contributed by atoms with Crippen molar-refractivity contribution in [1.82, 2.24) is 10.3 Å². The lowest BCUT2D eigenvalue weighted by atomic mass is 10.2. The monoisotopic (exact) mass is 297 g/mol. The molecule has 5 heteroatoms. The third-order valence-electron chi connectivity index (χ3n) is 3.69. The van der Waals surface area contributed by atoms with Gasteiger partial charge in [0.05, 0.1) is 5.02 Å². The van der Waals surface area contributed by atoms with Gasteiger partial charge in [0.25, 0.3) is 0 Å². The first kappa shape index (κ1) is 13.5. The lowest BCUT2D eigenvalue weighted by Crippen LogP contribution is -2.41. The Bertz CT molecular complexity index is 450. The number of anilines is 1. The van der Waals surface area contributed by atoms with E-state index >= 15 is 0 Å². The Balaban J connectivity index is 1.70. The van der Waals surface area contributed by atoms with Crippen molar-refractivity contribution in [2.24, 2.45) is 0 Å². The minimum Gasteiger partial charge on any atom is -0.351 e. The van der Waals surface area contributed by atoms with E-state index in [0.29, 0.717) is 6.04 Å². The molecule has 1 saturated heterocycles. The van der Waals surface area contributed by atoms with Gasteiger partial charge in [-0.15, -0.1) is 0 Å². The highest BCUT2D eigenvalue weighted by Gasteiger charge is 2.23. The molecule has 3 nitrogen and oxygen atoms in total. The van der Waals surface area contributed by atoms with Crippen molar-refractivity contribution in [1.29, 1.82) is 0 Å². The summed E-state index contributed by atoms with van der Waals surface area (Å²) in [5.74, 6) is 3.26. The van der Waals surface area contributed by atoms with E-state index in [1.165, 1.54) is 18.4 Å². The van der Waals surface area contributed by atoms with Gasteiger partial charge < -0.3 is 10.2 Å². The highest BCUT2D eigenvalue weighted by Crippen LogP contribution is 2.29. The predicted molar refractivity (Wildman–Crippen MR) is 83.2 cm³/mol. The second kappa shape index (κ2) is 5.90. The summed E-state index contributed by atoms with van der Waals surface area (Å²) in [6, 6.07) is 3.30. The van der Waals surface area contributed by atoms with Crippen LogP contribution in [-0.2, 0) is 6.54 Å². The number of thioether (sulfide) groups is 1. The number of pyridine rings is 1. The van der Waals surface area contributed by atoms with Gasteiger partial charge in [-0.2, -0.15) is 11.8 Å². The van der Waals surface area contributed by atoms with Crippen LogP contribution in [-0.4, -0.2) is 35.1 Å². The number of rotatable bonds is 4. The van der Waals surface area contributed by atoms with Crippen LogP contribution in [0.3, 0.4) is 0 Å². The number of hydrogen-bond donors (Lipinski definition) is 1. The quantitative estimate of drug-likeness (QED) is 0.925. The molecule has 0 bridgehead atoms. The zero-order valence-electron chi connectivity index (χ0n) is 11.2. The molecule has 1 aromatic heterocycles. The molecule has 0 radical (unpaired) electrons. The highest BCUT2D eigenvalue weighted by molar-refractivity contribution is 7.99. The highest BCUT2D eigenvalue weighted by atomic mass is 35.5. The Hall–Kier alpha value is -0.450. The molecule has 0 aromatic carbocycles.